The minimum Gasteiger partial charge on any atom is -0.448 e. The predicted molar refractivity (Wildman–Crippen MR) is 104 cm³/mol. The summed E-state index contributed by atoms with van der Waals surface area (Å²) in [5.74, 6) is -2.49. The normalized spacial score (nSPS) is 23.8. The fraction of sp³-hybridized carbons (Fsp3) is 0.300. The number of alkyl halides is 3. The van der Waals surface area contributed by atoms with E-state index < -0.39 is 43.3 Å². The number of aliphatic hydroxyl groups excluding tert-OH is 2. The van der Waals surface area contributed by atoms with Crippen molar-refractivity contribution in [2.45, 2.75) is 30.7 Å². The Morgan fingerprint density at radius 2 is 1.94 bits per heavy atom. The molecule has 0 spiro atoms. The van der Waals surface area contributed by atoms with Gasteiger partial charge in [0.15, 0.2) is 18.0 Å². The average Bonchev–Trinajstić information content (AvgIpc) is 3.34. The Labute approximate surface area is 178 Å². The molecule has 0 saturated carbocycles. The van der Waals surface area contributed by atoms with Crippen LogP contribution in [0.5, 0.6) is 0 Å². The van der Waals surface area contributed by atoms with Crippen molar-refractivity contribution in [1.29, 1.82) is 0 Å². The van der Waals surface area contributed by atoms with Crippen LogP contribution in [0.2, 0.25) is 0 Å². The van der Waals surface area contributed by atoms with Crippen molar-refractivity contribution < 1.29 is 37.7 Å². The molecule has 168 valence electrons. The fourth-order valence-corrected chi connectivity index (χ4v) is 3.33. The number of hydrogen-bond acceptors (Lipinski definition) is 8. The van der Waals surface area contributed by atoms with E-state index in [9.17, 15) is 28.2 Å². The number of esters is 1. The van der Waals surface area contributed by atoms with Crippen molar-refractivity contribution in [2.75, 3.05) is 6.61 Å². The first-order valence-electron chi connectivity index (χ1n) is 9.42. The van der Waals surface area contributed by atoms with Crippen LogP contribution in [0.1, 0.15) is 17.5 Å². The lowest BCUT2D eigenvalue weighted by atomic mass is 10.1. The minimum atomic E-state index is -5.27. The van der Waals surface area contributed by atoms with Crippen molar-refractivity contribution in [3.63, 3.8) is 0 Å². The summed E-state index contributed by atoms with van der Waals surface area (Å²) in [6.45, 7) is -0.704. The van der Waals surface area contributed by atoms with Crippen LogP contribution in [0.25, 0.3) is 23.3 Å². The zero-order valence-electron chi connectivity index (χ0n) is 16.3. The van der Waals surface area contributed by atoms with Crippen molar-refractivity contribution >= 4 is 29.3 Å². The number of halogens is 3. The highest BCUT2D eigenvalue weighted by Gasteiger charge is 2.51. The molecule has 1 saturated heterocycles. The number of nitrogens with zero attached hydrogens (tertiary/aromatic N) is 4. The zero-order valence-corrected chi connectivity index (χ0v) is 16.3. The van der Waals surface area contributed by atoms with Crippen molar-refractivity contribution in [2.24, 2.45) is 0 Å². The van der Waals surface area contributed by atoms with Crippen LogP contribution in [-0.4, -0.2) is 66.8 Å². The first kappa shape index (κ1) is 21.9. The first-order chi connectivity index (χ1) is 15.3. The van der Waals surface area contributed by atoms with E-state index in [1.807, 2.05) is 30.3 Å². The molecule has 1 aliphatic rings. The van der Waals surface area contributed by atoms with Crippen molar-refractivity contribution in [1.82, 2.24) is 19.5 Å². The first-order valence-corrected chi connectivity index (χ1v) is 9.42. The molecule has 4 rings (SSSR count). The Balaban J connectivity index is 1.68. The molecule has 0 aliphatic carbocycles. The van der Waals surface area contributed by atoms with Gasteiger partial charge in [-0.15, -0.1) is 0 Å². The summed E-state index contributed by atoms with van der Waals surface area (Å²) < 4.78 is 49.3. The molecular weight excluding hydrogens is 433 g/mol. The molecule has 12 heteroatoms. The van der Waals surface area contributed by atoms with Gasteiger partial charge in [-0.2, -0.15) is 13.2 Å². The van der Waals surface area contributed by atoms with Crippen LogP contribution < -0.4 is 0 Å². The third-order valence-electron chi connectivity index (χ3n) is 4.86. The van der Waals surface area contributed by atoms with Gasteiger partial charge >= 0.3 is 12.1 Å². The second-order valence-electron chi connectivity index (χ2n) is 6.93. The van der Waals surface area contributed by atoms with Crippen molar-refractivity contribution in [3.05, 3.63) is 54.2 Å². The summed E-state index contributed by atoms with van der Waals surface area (Å²) in [6.07, 6.45) is -5.45. The molecule has 2 N–H and O–H groups in total. The Morgan fingerprint density at radius 1 is 1.19 bits per heavy atom. The van der Waals surface area contributed by atoms with E-state index in [1.165, 1.54) is 17.2 Å². The monoisotopic (exact) mass is 450 g/mol. The van der Waals surface area contributed by atoms with Gasteiger partial charge in [-0.1, -0.05) is 36.4 Å². The quantitative estimate of drug-likeness (QED) is 0.564. The summed E-state index contributed by atoms with van der Waals surface area (Å²) >= 11 is 0. The second-order valence-corrected chi connectivity index (χ2v) is 6.93. The maximum Gasteiger partial charge on any atom is 0.490 e. The van der Waals surface area contributed by atoms with E-state index >= 15 is 0 Å². The third kappa shape index (κ3) is 4.20. The van der Waals surface area contributed by atoms with Gasteiger partial charge in [0.1, 0.15) is 24.1 Å². The molecule has 1 aliphatic heterocycles. The maximum atomic E-state index is 12.7. The van der Waals surface area contributed by atoms with Gasteiger partial charge in [0.25, 0.3) is 0 Å². The molecule has 0 unspecified atom stereocenters. The predicted octanol–water partition coefficient (Wildman–Crippen LogP) is 1.72. The third-order valence-corrected chi connectivity index (χ3v) is 4.86. The lowest BCUT2D eigenvalue weighted by Gasteiger charge is -2.22. The molecular formula is C20H17F3N4O5. The number of fused-ring (bicyclic) bond motifs is 1. The number of carbonyl (C=O) groups is 1. The molecule has 32 heavy (non-hydrogen) atoms. The lowest BCUT2D eigenvalue weighted by molar-refractivity contribution is -0.211. The molecule has 0 radical (unpaired) electrons. The van der Waals surface area contributed by atoms with E-state index in [1.54, 1.807) is 12.2 Å². The second kappa shape index (κ2) is 8.65. The Bertz CT molecular complexity index is 1140. The SMILES string of the molecule is O=C(O[C@@H]1[C@H](O)[C@@H](CO)O[C@H]1n1cnc2c(C=Cc3ccccc3)ncnc21)C(F)(F)F. The fourth-order valence-electron chi connectivity index (χ4n) is 3.33. The summed E-state index contributed by atoms with van der Waals surface area (Å²) in [5, 5.41) is 19.7. The minimum absolute atomic E-state index is 0.177. The Morgan fingerprint density at radius 3 is 2.62 bits per heavy atom. The Kier molecular flexibility index (Phi) is 5.91. The number of imidazole rings is 1. The highest BCUT2D eigenvalue weighted by Crippen LogP contribution is 2.35. The van der Waals surface area contributed by atoms with Crippen molar-refractivity contribution in [3.8, 4) is 0 Å². The summed E-state index contributed by atoms with van der Waals surface area (Å²) in [6, 6.07) is 9.38. The van der Waals surface area contributed by atoms with Crippen LogP contribution in [0, 0.1) is 0 Å². The number of ether oxygens (including phenoxy) is 2. The molecule has 9 nitrogen and oxygen atoms in total. The molecule has 3 heterocycles. The van der Waals surface area contributed by atoms with Gasteiger partial charge in [-0.3, -0.25) is 4.57 Å². The molecule has 1 aromatic carbocycles. The van der Waals surface area contributed by atoms with E-state index in [4.69, 9.17) is 4.74 Å². The standard InChI is InChI=1S/C20H17F3N4O5/c21-20(22,23)19(30)32-16-15(29)13(8-28)31-18(16)27-10-26-14-12(24-9-25-17(14)27)7-6-11-4-2-1-3-5-11/h1-7,9-10,13,15-16,18,28-29H,8H2/t13-,15-,16-,18-/m1/s1. The van der Waals surface area contributed by atoms with E-state index in [0.717, 1.165) is 5.56 Å². The van der Waals surface area contributed by atoms with Crippen LogP contribution in [-0.2, 0) is 14.3 Å². The van der Waals surface area contributed by atoms with E-state index in [-0.39, 0.29) is 5.65 Å². The summed E-state index contributed by atoms with van der Waals surface area (Å²) in [4.78, 5) is 23.9. The van der Waals surface area contributed by atoms with Gasteiger partial charge in [0.05, 0.1) is 18.6 Å². The van der Waals surface area contributed by atoms with E-state index in [2.05, 4.69) is 19.7 Å². The van der Waals surface area contributed by atoms with E-state index in [0.29, 0.717) is 11.2 Å². The molecule has 4 atom stereocenters. The summed E-state index contributed by atoms with van der Waals surface area (Å²) in [5.41, 5.74) is 1.83. The Hall–Kier alpha value is -3.35. The highest BCUT2D eigenvalue weighted by atomic mass is 19.4. The zero-order chi connectivity index (χ0) is 22.9. The number of carbonyl (C=O) groups excluding carboxylic acids is 1. The van der Waals surface area contributed by atoms with Crippen LogP contribution >= 0.6 is 0 Å². The average molecular weight is 450 g/mol. The number of benzene rings is 1. The van der Waals surface area contributed by atoms with Crippen LogP contribution in [0.4, 0.5) is 13.2 Å². The van der Waals surface area contributed by atoms with Crippen LogP contribution in [0.15, 0.2) is 43.0 Å². The smallest absolute Gasteiger partial charge is 0.448 e. The number of aromatic nitrogens is 4. The molecule has 0 bridgehead atoms. The number of rotatable bonds is 5. The lowest BCUT2D eigenvalue weighted by Crippen LogP contribution is -2.40. The molecule has 1 fully saturated rings. The largest absolute Gasteiger partial charge is 0.490 e. The number of aliphatic hydroxyl groups is 2. The van der Waals surface area contributed by atoms with Crippen LogP contribution in [0.3, 0.4) is 0 Å². The molecule has 3 aromatic rings. The van der Waals surface area contributed by atoms with Gasteiger partial charge < -0.3 is 19.7 Å². The molecule has 2 aromatic heterocycles. The summed E-state index contributed by atoms with van der Waals surface area (Å²) in [7, 11) is 0. The van der Waals surface area contributed by atoms with Gasteiger partial charge in [0, 0.05) is 0 Å². The van der Waals surface area contributed by atoms with Gasteiger partial charge in [0.2, 0.25) is 0 Å². The maximum absolute atomic E-state index is 12.7. The van der Waals surface area contributed by atoms with Gasteiger partial charge in [-0.05, 0) is 11.6 Å². The molecule has 0 amide bonds. The topological polar surface area (TPSA) is 120 Å². The number of hydrogen-bond donors (Lipinski definition) is 2. The highest BCUT2D eigenvalue weighted by molar-refractivity contribution is 5.84. The van der Waals surface area contributed by atoms with Gasteiger partial charge in [-0.25, -0.2) is 19.7 Å².